The van der Waals surface area contributed by atoms with Gasteiger partial charge in [0.2, 0.25) is 0 Å². The van der Waals surface area contributed by atoms with Crippen molar-refractivity contribution in [2.24, 2.45) is 11.5 Å². The summed E-state index contributed by atoms with van der Waals surface area (Å²) in [6.07, 6.45) is 2.44. The Balaban J connectivity index is 2.41. The van der Waals surface area contributed by atoms with Crippen molar-refractivity contribution in [1.82, 2.24) is 9.13 Å². The van der Waals surface area contributed by atoms with Crippen LogP contribution < -0.4 is 27.5 Å². The molecule has 2 heterocycles. The van der Waals surface area contributed by atoms with Gasteiger partial charge in [0.05, 0.1) is 25.6 Å². The lowest BCUT2D eigenvalue weighted by atomic mass is 9.78. The summed E-state index contributed by atoms with van der Waals surface area (Å²) in [4.78, 5) is 26.7. The van der Waals surface area contributed by atoms with E-state index in [-0.39, 0.29) is 33.0 Å². The number of thiophene rings is 1. The van der Waals surface area contributed by atoms with Crippen LogP contribution in [0.2, 0.25) is 6.82 Å². The molecule has 0 aliphatic carbocycles. The van der Waals surface area contributed by atoms with Gasteiger partial charge in [-0.2, -0.15) is 0 Å². The van der Waals surface area contributed by atoms with E-state index in [4.69, 9.17) is 16.2 Å². The molecule has 12 heteroatoms. The number of aliphatic hydroxyl groups is 1. The third-order valence-corrected chi connectivity index (χ3v) is 6.13. The zero-order chi connectivity index (χ0) is 23.6. The fraction of sp³-hybridized carbons (Fsp3) is 0.200. The summed E-state index contributed by atoms with van der Waals surface area (Å²) in [5.74, 6) is -2.00. The average Bonchev–Trinajstić information content (AvgIpc) is 3.15. The van der Waals surface area contributed by atoms with Crippen LogP contribution in [-0.2, 0) is 17.9 Å². The van der Waals surface area contributed by atoms with Crippen molar-refractivity contribution in [2.45, 2.75) is 20.0 Å². The van der Waals surface area contributed by atoms with Crippen LogP contribution in [0.1, 0.15) is 11.1 Å². The van der Waals surface area contributed by atoms with Crippen molar-refractivity contribution in [1.29, 1.82) is 0 Å². The molecule has 0 amide bonds. The van der Waals surface area contributed by atoms with Crippen LogP contribution in [0.15, 0.2) is 45.8 Å². The second-order valence-electron chi connectivity index (χ2n) is 6.65. The fourth-order valence-electron chi connectivity index (χ4n) is 3.19. The minimum atomic E-state index is -0.906. The first-order valence-corrected chi connectivity index (χ1v) is 10.2. The van der Waals surface area contributed by atoms with Gasteiger partial charge in [0.25, 0.3) is 5.56 Å². The van der Waals surface area contributed by atoms with E-state index in [0.717, 1.165) is 28.0 Å². The normalized spacial score (nSPS) is 12.4. The monoisotopic (exact) mass is 461 g/mol. The van der Waals surface area contributed by atoms with E-state index in [1.165, 1.54) is 25.3 Å². The first-order chi connectivity index (χ1) is 15.2. The molecule has 0 aliphatic rings. The summed E-state index contributed by atoms with van der Waals surface area (Å²) in [7, 11) is 2.99. The van der Waals surface area contributed by atoms with Crippen LogP contribution in [0.25, 0.3) is 16.0 Å². The highest BCUT2D eigenvalue weighted by molar-refractivity contribution is 7.27. The predicted octanol–water partition coefficient (Wildman–Crippen LogP) is 0.625. The van der Waals surface area contributed by atoms with Gasteiger partial charge in [0.1, 0.15) is 22.3 Å². The van der Waals surface area contributed by atoms with Gasteiger partial charge in [0.15, 0.2) is 13.2 Å². The molecule has 32 heavy (non-hydrogen) atoms. The maximum Gasteiger partial charge on any atom is 0.338 e. The van der Waals surface area contributed by atoms with E-state index in [1.807, 2.05) is 0 Å². The zero-order valence-corrected chi connectivity index (χ0v) is 18.1. The second kappa shape index (κ2) is 9.41. The van der Waals surface area contributed by atoms with Gasteiger partial charge in [-0.25, -0.2) is 18.1 Å². The highest BCUT2D eigenvalue weighted by atomic mass is 32.1. The van der Waals surface area contributed by atoms with Gasteiger partial charge in [-0.05, 0) is 28.5 Å². The van der Waals surface area contributed by atoms with Crippen molar-refractivity contribution in [2.75, 3.05) is 7.11 Å². The molecule has 0 unspecified atom stereocenters. The van der Waals surface area contributed by atoms with Crippen LogP contribution in [0.4, 0.5) is 8.78 Å². The number of halogens is 2. The first kappa shape index (κ1) is 23.3. The molecule has 1 aromatic carbocycles. The van der Waals surface area contributed by atoms with E-state index in [0.29, 0.717) is 9.34 Å². The standard InChI is InChI=1S/C20H20BF2N4O4S/c1-21-17-11(9-28)16-18(29)27(14(24)6-7-15(25)31-2)20(30)26(19(16)32-17)8-10-12(22)4-3-5-13(10)23/h3-7,28H,8-9,24-25H2,1-2H3/b14-6+,15-7+. The van der Waals surface area contributed by atoms with E-state index in [2.05, 4.69) is 0 Å². The lowest BCUT2D eigenvalue weighted by Crippen LogP contribution is -2.41. The Morgan fingerprint density at radius 3 is 2.44 bits per heavy atom. The Labute approximate surface area is 185 Å². The third kappa shape index (κ3) is 4.06. The summed E-state index contributed by atoms with van der Waals surface area (Å²) < 4.78 is 35.7. The summed E-state index contributed by atoms with van der Waals surface area (Å²) >= 11 is 1.05. The molecule has 1 radical (unpaired) electrons. The number of hydrogen-bond donors (Lipinski definition) is 3. The largest absolute Gasteiger partial charge is 0.483 e. The number of ether oxygens (including phenoxy) is 1. The molecule has 0 saturated heterocycles. The number of allylic oxidation sites excluding steroid dienone is 2. The molecular weight excluding hydrogens is 441 g/mol. The highest BCUT2D eigenvalue weighted by Crippen LogP contribution is 2.22. The smallest absolute Gasteiger partial charge is 0.338 e. The Morgan fingerprint density at radius 2 is 1.88 bits per heavy atom. The summed E-state index contributed by atoms with van der Waals surface area (Å²) in [5, 5.41) is 9.91. The molecule has 0 spiro atoms. The topological polar surface area (TPSA) is 126 Å². The number of rotatable bonds is 7. The number of aromatic nitrogens is 2. The highest BCUT2D eigenvalue weighted by Gasteiger charge is 2.23. The molecule has 0 fully saturated rings. The quantitative estimate of drug-likeness (QED) is 0.269. The molecule has 3 aromatic rings. The van der Waals surface area contributed by atoms with Gasteiger partial charge in [-0.1, -0.05) is 12.9 Å². The molecule has 0 aliphatic heterocycles. The summed E-state index contributed by atoms with van der Waals surface area (Å²) in [6, 6.07) is 3.35. The Morgan fingerprint density at radius 1 is 1.22 bits per heavy atom. The summed E-state index contributed by atoms with van der Waals surface area (Å²) in [6.45, 7) is 0.723. The van der Waals surface area contributed by atoms with E-state index in [9.17, 15) is 23.5 Å². The van der Waals surface area contributed by atoms with Gasteiger partial charge < -0.3 is 21.3 Å². The minimum Gasteiger partial charge on any atom is -0.483 e. The Hall–Kier alpha value is -3.38. The number of hydrogen-bond acceptors (Lipinski definition) is 7. The van der Waals surface area contributed by atoms with Crippen molar-refractivity contribution < 1.29 is 18.6 Å². The number of aliphatic hydroxyl groups excluding tert-OH is 1. The van der Waals surface area contributed by atoms with E-state index in [1.54, 1.807) is 14.1 Å². The zero-order valence-electron chi connectivity index (χ0n) is 17.3. The van der Waals surface area contributed by atoms with Crippen molar-refractivity contribution in [3.63, 3.8) is 0 Å². The second-order valence-corrected chi connectivity index (χ2v) is 7.68. The van der Waals surface area contributed by atoms with E-state index < -0.39 is 36.0 Å². The van der Waals surface area contributed by atoms with E-state index >= 15 is 0 Å². The van der Waals surface area contributed by atoms with Crippen LogP contribution >= 0.6 is 11.3 Å². The molecule has 2 aromatic heterocycles. The SMILES string of the molecule is C[B]c1sc2c(c1CO)c(=O)n(/C(N)=C/C=C(\N)OC)c(=O)n2Cc1c(F)cccc1F. The molecular formula is C20H20BF2N4O4S. The van der Waals surface area contributed by atoms with Gasteiger partial charge in [0, 0.05) is 11.6 Å². The van der Waals surface area contributed by atoms with Crippen molar-refractivity contribution in [3.05, 3.63) is 79.8 Å². The van der Waals surface area contributed by atoms with Crippen molar-refractivity contribution >= 4 is 39.4 Å². The first-order valence-electron chi connectivity index (χ1n) is 9.36. The number of benzene rings is 1. The van der Waals surface area contributed by atoms with Gasteiger partial charge in [-0.15, -0.1) is 11.3 Å². The number of nitrogens with two attached hydrogens (primary N) is 2. The molecule has 0 atom stereocenters. The molecule has 0 saturated carbocycles. The maximum atomic E-state index is 14.3. The van der Waals surface area contributed by atoms with Crippen LogP contribution in [0, 0.1) is 11.6 Å². The van der Waals surface area contributed by atoms with Crippen molar-refractivity contribution in [3.8, 4) is 0 Å². The van der Waals surface area contributed by atoms with Crippen LogP contribution in [0.5, 0.6) is 0 Å². The molecule has 3 rings (SSSR count). The Bertz CT molecular complexity index is 1340. The minimum absolute atomic E-state index is 0.0229. The summed E-state index contributed by atoms with van der Waals surface area (Å²) in [5.41, 5.74) is 9.78. The van der Waals surface area contributed by atoms with Gasteiger partial charge >= 0.3 is 5.69 Å². The molecule has 5 N–H and O–H groups in total. The number of methoxy groups -OCH3 is 1. The Kier molecular flexibility index (Phi) is 6.85. The average molecular weight is 461 g/mol. The lowest BCUT2D eigenvalue weighted by Gasteiger charge is -2.13. The number of nitrogens with zero attached hydrogens (tertiary/aromatic N) is 2. The van der Waals surface area contributed by atoms with Crippen LogP contribution in [0.3, 0.4) is 0 Å². The van der Waals surface area contributed by atoms with Gasteiger partial charge in [-0.3, -0.25) is 9.36 Å². The molecule has 167 valence electrons. The maximum absolute atomic E-state index is 14.3. The molecule has 0 bridgehead atoms. The van der Waals surface area contributed by atoms with Crippen LogP contribution in [-0.4, -0.2) is 28.6 Å². The fourth-order valence-corrected chi connectivity index (χ4v) is 4.38. The third-order valence-electron chi connectivity index (χ3n) is 4.81. The lowest BCUT2D eigenvalue weighted by molar-refractivity contribution is 0.284. The molecule has 8 nitrogen and oxygen atoms in total. The number of fused-ring (bicyclic) bond motifs is 1. The predicted molar refractivity (Wildman–Crippen MR) is 121 cm³/mol.